The van der Waals surface area contributed by atoms with Crippen molar-refractivity contribution in [2.24, 2.45) is 0 Å². The second-order valence-corrected chi connectivity index (χ2v) is 9.91. The van der Waals surface area contributed by atoms with E-state index in [0.717, 1.165) is 35.5 Å². The summed E-state index contributed by atoms with van der Waals surface area (Å²) < 4.78 is 33.1. The average Bonchev–Trinajstić information content (AvgIpc) is 3.23. The largest absolute Gasteiger partial charge is 0.490 e. The van der Waals surface area contributed by atoms with Crippen molar-refractivity contribution in [1.82, 2.24) is 10.0 Å². The van der Waals surface area contributed by atoms with Crippen LogP contribution in [0.1, 0.15) is 44.6 Å². The molecule has 0 aliphatic heterocycles. The van der Waals surface area contributed by atoms with Crippen molar-refractivity contribution >= 4 is 27.3 Å². The topological polar surface area (TPSA) is 84.5 Å². The average molecular weight is 423 g/mol. The molecule has 1 aliphatic rings. The highest BCUT2D eigenvalue weighted by Crippen LogP contribution is 2.24. The first-order valence-corrected chi connectivity index (χ1v) is 11.9. The van der Waals surface area contributed by atoms with Crippen LogP contribution in [0, 0.1) is 0 Å². The van der Waals surface area contributed by atoms with E-state index in [0.29, 0.717) is 6.54 Å². The fourth-order valence-corrected chi connectivity index (χ4v) is 5.42. The molecule has 1 amide bonds. The zero-order chi connectivity index (χ0) is 20.0. The molecule has 1 saturated carbocycles. The first-order chi connectivity index (χ1) is 13.4. The second-order valence-electron chi connectivity index (χ2n) is 7.02. The SMILES string of the molecule is CC(NS(=O)(=O)c1cccs1)C(=O)NCc1cccc(OC2CCCCC2)c1. The Morgan fingerprint density at radius 1 is 1.21 bits per heavy atom. The molecule has 2 aromatic rings. The Morgan fingerprint density at radius 3 is 2.71 bits per heavy atom. The standard InChI is InChI=1S/C20H26N2O4S2/c1-15(22-28(24,25)19-11-6-12-27-19)20(23)21-14-16-7-5-10-18(13-16)26-17-8-3-2-4-9-17/h5-7,10-13,15,17,22H,2-4,8-9,14H2,1H3,(H,21,23). The van der Waals surface area contributed by atoms with E-state index in [1.807, 2.05) is 24.3 Å². The van der Waals surface area contributed by atoms with Gasteiger partial charge in [0.15, 0.2) is 0 Å². The van der Waals surface area contributed by atoms with Crippen LogP contribution < -0.4 is 14.8 Å². The van der Waals surface area contributed by atoms with E-state index in [4.69, 9.17) is 4.74 Å². The summed E-state index contributed by atoms with van der Waals surface area (Å²) in [6, 6.07) is 9.97. The number of nitrogens with one attached hydrogen (secondary N) is 2. The van der Waals surface area contributed by atoms with Crippen molar-refractivity contribution in [2.45, 2.75) is 61.9 Å². The minimum atomic E-state index is -3.68. The zero-order valence-corrected chi connectivity index (χ0v) is 17.5. The van der Waals surface area contributed by atoms with Crippen LogP contribution in [0.2, 0.25) is 0 Å². The van der Waals surface area contributed by atoms with Crippen molar-refractivity contribution in [2.75, 3.05) is 0 Å². The van der Waals surface area contributed by atoms with Crippen LogP contribution in [0.4, 0.5) is 0 Å². The lowest BCUT2D eigenvalue weighted by Gasteiger charge is -2.23. The van der Waals surface area contributed by atoms with Crippen LogP contribution in [0.25, 0.3) is 0 Å². The van der Waals surface area contributed by atoms with Gasteiger partial charge in [0.2, 0.25) is 5.91 Å². The maximum Gasteiger partial charge on any atom is 0.250 e. The first-order valence-electron chi connectivity index (χ1n) is 9.53. The van der Waals surface area contributed by atoms with Crippen molar-refractivity contribution < 1.29 is 17.9 Å². The van der Waals surface area contributed by atoms with Crippen molar-refractivity contribution in [3.05, 3.63) is 47.3 Å². The van der Waals surface area contributed by atoms with E-state index in [1.165, 1.54) is 32.3 Å². The number of hydrogen-bond donors (Lipinski definition) is 2. The van der Waals surface area contributed by atoms with Gasteiger partial charge in [-0.2, -0.15) is 4.72 Å². The number of sulfonamides is 1. The second kappa shape index (κ2) is 9.54. The molecule has 1 atom stereocenters. The summed E-state index contributed by atoms with van der Waals surface area (Å²) in [6.07, 6.45) is 6.14. The Kier molecular flexibility index (Phi) is 7.09. The predicted octanol–water partition coefficient (Wildman–Crippen LogP) is 3.44. The molecule has 1 fully saturated rings. The number of benzene rings is 1. The Balaban J connectivity index is 1.51. The van der Waals surface area contributed by atoms with Gasteiger partial charge in [-0.1, -0.05) is 24.6 Å². The number of thiophene rings is 1. The highest BCUT2D eigenvalue weighted by Gasteiger charge is 2.22. The number of ether oxygens (including phenoxy) is 1. The van der Waals surface area contributed by atoms with Crippen LogP contribution in [0.15, 0.2) is 46.0 Å². The lowest BCUT2D eigenvalue weighted by atomic mass is 9.98. The quantitative estimate of drug-likeness (QED) is 0.682. The smallest absolute Gasteiger partial charge is 0.250 e. The van der Waals surface area contributed by atoms with Gasteiger partial charge < -0.3 is 10.1 Å². The third kappa shape index (κ3) is 5.80. The molecule has 3 rings (SSSR count). The minimum absolute atomic E-state index is 0.194. The van der Waals surface area contributed by atoms with Crippen molar-refractivity contribution in [1.29, 1.82) is 0 Å². The molecule has 152 valence electrons. The van der Waals surface area contributed by atoms with E-state index >= 15 is 0 Å². The minimum Gasteiger partial charge on any atom is -0.490 e. The molecule has 0 saturated heterocycles. The van der Waals surface area contributed by atoms with Crippen LogP contribution in [-0.4, -0.2) is 26.5 Å². The molecule has 0 spiro atoms. The van der Waals surface area contributed by atoms with E-state index in [9.17, 15) is 13.2 Å². The van der Waals surface area contributed by atoms with Gasteiger partial charge in [0, 0.05) is 6.54 Å². The summed E-state index contributed by atoms with van der Waals surface area (Å²) in [6.45, 7) is 1.84. The van der Waals surface area contributed by atoms with E-state index in [2.05, 4.69) is 10.0 Å². The van der Waals surface area contributed by atoms with Crippen LogP contribution in [-0.2, 0) is 21.4 Å². The monoisotopic (exact) mass is 422 g/mol. The Bertz CT molecular complexity index is 875. The van der Waals surface area contributed by atoms with Gasteiger partial charge in [-0.25, -0.2) is 8.42 Å². The third-order valence-corrected chi connectivity index (χ3v) is 7.64. The molecule has 1 aliphatic carbocycles. The van der Waals surface area contributed by atoms with Crippen LogP contribution >= 0.6 is 11.3 Å². The summed E-state index contributed by atoms with van der Waals surface area (Å²) in [4.78, 5) is 12.3. The number of hydrogen-bond acceptors (Lipinski definition) is 5. The molecule has 0 radical (unpaired) electrons. The summed E-state index contributed by atoms with van der Waals surface area (Å²) in [7, 11) is -3.68. The molecule has 6 nitrogen and oxygen atoms in total. The number of carbonyl (C=O) groups is 1. The van der Waals surface area contributed by atoms with Gasteiger partial charge >= 0.3 is 0 Å². The van der Waals surface area contributed by atoms with Gasteiger partial charge in [0.25, 0.3) is 10.0 Å². The molecular weight excluding hydrogens is 396 g/mol. The number of rotatable bonds is 8. The highest BCUT2D eigenvalue weighted by atomic mass is 32.2. The van der Waals surface area contributed by atoms with Gasteiger partial charge in [-0.15, -0.1) is 11.3 Å². The molecule has 1 heterocycles. The fourth-order valence-electron chi connectivity index (χ4n) is 3.21. The molecule has 0 bridgehead atoms. The lowest BCUT2D eigenvalue weighted by Crippen LogP contribution is -2.44. The summed E-state index contributed by atoms with van der Waals surface area (Å²) >= 11 is 1.11. The maximum absolute atomic E-state index is 12.3. The fraction of sp³-hybridized carbons (Fsp3) is 0.450. The summed E-state index contributed by atoms with van der Waals surface area (Å²) in [5, 5.41) is 4.46. The number of carbonyl (C=O) groups excluding carboxylic acids is 1. The molecule has 1 aromatic carbocycles. The Morgan fingerprint density at radius 2 is 2.00 bits per heavy atom. The van der Waals surface area contributed by atoms with Gasteiger partial charge in [-0.05, 0) is 61.7 Å². The van der Waals surface area contributed by atoms with Gasteiger partial charge in [-0.3, -0.25) is 4.79 Å². The zero-order valence-electron chi connectivity index (χ0n) is 15.9. The van der Waals surface area contributed by atoms with E-state index in [1.54, 1.807) is 11.4 Å². The summed E-state index contributed by atoms with van der Waals surface area (Å²) in [5.41, 5.74) is 0.912. The number of amides is 1. The predicted molar refractivity (Wildman–Crippen MR) is 110 cm³/mol. The summed E-state index contributed by atoms with van der Waals surface area (Å²) in [5.74, 6) is 0.434. The Hall–Kier alpha value is -1.90. The molecule has 1 unspecified atom stereocenters. The lowest BCUT2D eigenvalue weighted by molar-refractivity contribution is -0.122. The van der Waals surface area contributed by atoms with E-state index in [-0.39, 0.29) is 16.2 Å². The normalized spacial score (nSPS) is 16.5. The molecular formula is C20H26N2O4S2. The first kappa shape index (κ1) is 20.8. The third-order valence-electron chi connectivity index (χ3n) is 4.71. The van der Waals surface area contributed by atoms with Crippen LogP contribution in [0.3, 0.4) is 0 Å². The van der Waals surface area contributed by atoms with E-state index < -0.39 is 16.1 Å². The Labute approximate surface area is 170 Å². The van der Waals surface area contributed by atoms with Crippen LogP contribution in [0.5, 0.6) is 5.75 Å². The highest BCUT2D eigenvalue weighted by molar-refractivity contribution is 7.91. The van der Waals surface area contributed by atoms with Crippen molar-refractivity contribution in [3.63, 3.8) is 0 Å². The van der Waals surface area contributed by atoms with Gasteiger partial charge in [0.1, 0.15) is 9.96 Å². The maximum atomic E-state index is 12.3. The van der Waals surface area contributed by atoms with Crippen molar-refractivity contribution in [3.8, 4) is 5.75 Å². The molecule has 28 heavy (non-hydrogen) atoms. The molecule has 8 heteroatoms. The van der Waals surface area contributed by atoms with Gasteiger partial charge in [0.05, 0.1) is 12.1 Å². The molecule has 2 N–H and O–H groups in total. The molecule has 1 aromatic heterocycles.